The molecule has 0 aromatic heterocycles. The SMILES string of the molecule is FC(F)Oc1c(Br)ccc(Br)c1OC(F)(F)F. The van der Waals surface area contributed by atoms with Crippen LogP contribution in [0.25, 0.3) is 0 Å². The standard InChI is InChI=1S/C8H3Br2F5O2/c9-3-1-2-4(10)6(17-8(13,14)15)5(3)16-7(11)12/h1-2,7H. The second-order valence-electron chi connectivity index (χ2n) is 2.61. The zero-order chi connectivity index (χ0) is 13.2. The van der Waals surface area contributed by atoms with E-state index in [4.69, 9.17) is 0 Å². The fourth-order valence-electron chi connectivity index (χ4n) is 0.924. The highest BCUT2D eigenvalue weighted by atomic mass is 79.9. The first kappa shape index (κ1) is 14.5. The van der Waals surface area contributed by atoms with Crippen LogP contribution in [0.5, 0.6) is 11.5 Å². The molecule has 9 heteroatoms. The molecule has 1 aromatic carbocycles. The van der Waals surface area contributed by atoms with E-state index in [1.54, 1.807) is 0 Å². The van der Waals surface area contributed by atoms with Crippen LogP contribution in [-0.2, 0) is 0 Å². The highest BCUT2D eigenvalue weighted by molar-refractivity contribution is 9.11. The van der Waals surface area contributed by atoms with Crippen LogP contribution in [0.3, 0.4) is 0 Å². The third-order valence-electron chi connectivity index (χ3n) is 1.44. The third-order valence-corrected chi connectivity index (χ3v) is 2.69. The Morgan fingerprint density at radius 3 is 1.88 bits per heavy atom. The smallest absolute Gasteiger partial charge is 0.430 e. The van der Waals surface area contributed by atoms with Crippen molar-refractivity contribution in [3.05, 3.63) is 21.1 Å². The zero-order valence-corrected chi connectivity index (χ0v) is 10.9. The molecule has 0 fully saturated rings. The van der Waals surface area contributed by atoms with Gasteiger partial charge in [-0.25, -0.2) is 0 Å². The molecule has 0 amide bonds. The molecule has 0 heterocycles. The van der Waals surface area contributed by atoms with Gasteiger partial charge in [0.2, 0.25) is 0 Å². The summed E-state index contributed by atoms with van der Waals surface area (Å²) in [6.07, 6.45) is -5.01. The van der Waals surface area contributed by atoms with Crippen molar-refractivity contribution in [1.29, 1.82) is 0 Å². The van der Waals surface area contributed by atoms with Crippen molar-refractivity contribution in [2.45, 2.75) is 13.0 Å². The van der Waals surface area contributed by atoms with Gasteiger partial charge in [-0.1, -0.05) is 0 Å². The molecule has 0 bridgehead atoms. The van der Waals surface area contributed by atoms with Crippen molar-refractivity contribution in [1.82, 2.24) is 0 Å². The number of halogens is 7. The summed E-state index contributed by atoms with van der Waals surface area (Å²) in [4.78, 5) is 0. The van der Waals surface area contributed by atoms with Gasteiger partial charge in [0.05, 0.1) is 8.95 Å². The minimum Gasteiger partial charge on any atom is -0.430 e. The van der Waals surface area contributed by atoms with E-state index in [0.29, 0.717) is 0 Å². The molecule has 17 heavy (non-hydrogen) atoms. The minimum absolute atomic E-state index is 0.0831. The molecule has 0 radical (unpaired) electrons. The maximum atomic E-state index is 12.1. The van der Waals surface area contributed by atoms with E-state index < -0.39 is 24.5 Å². The van der Waals surface area contributed by atoms with Gasteiger partial charge in [0, 0.05) is 0 Å². The molecule has 0 saturated heterocycles. The van der Waals surface area contributed by atoms with Crippen molar-refractivity contribution in [3.63, 3.8) is 0 Å². The van der Waals surface area contributed by atoms with E-state index in [1.807, 2.05) is 0 Å². The largest absolute Gasteiger partial charge is 0.573 e. The Balaban J connectivity index is 3.20. The number of hydrogen-bond acceptors (Lipinski definition) is 2. The molecule has 1 aromatic rings. The summed E-state index contributed by atoms with van der Waals surface area (Å²) in [5.74, 6) is -1.60. The Morgan fingerprint density at radius 2 is 1.47 bits per heavy atom. The quantitative estimate of drug-likeness (QED) is 0.701. The molecule has 1 rings (SSSR count). The topological polar surface area (TPSA) is 18.5 Å². The fourth-order valence-corrected chi connectivity index (χ4v) is 1.72. The van der Waals surface area contributed by atoms with Crippen LogP contribution in [-0.4, -0.2) is 13.0 Å². The first-order chi connectivity index (χ1) is 7.70. The molecule has 96 valence electrons. The predicted molar refractivity (Wildman–Crippen MR) is 55.2 cm³/mol. The highest BCUT2D eigenvalue weighted by Gasteiger charge is 2.34. The molecule has 0 atom stereocenters. The lowest BCUT2D eigenvalue weighted by Gasteiger charge is -2.16. The fraction of sp³-hybridized carbons (Fsp3) is 0.250. The van der Waals surface area contributed by atoms with Crippen LogP contribution in [0.2, 0.25) is 0 Å². The maximum absolute atomic E-state index is 12.1. The summed E-state index contributed by atoms with van der Waals surface area (Å²) in [7, 11) is 0. The Labute approximate surface area is 109 Å². The van der Waals surface area contributed by atoms with E-state index in [9.17, 15) is 22.0 Å². The number of hydrogen-bond donors (Lipinski definition) is 0. The molecule has 0 aliphatic carbocycles. The lowest BCUT2D eigenvalue weighted by molar-refractivity contribution is -0.275. The first-order valence-electron chi connectivity index (χ1n) is 3.89. The third kappa shape index (κ3) is 4.30. The zero-order valence-electron chi connectivity index (χ0n) is 7.69. The van der Waals surface area contributed by atoms with Crippen LogP contribution < -0.4 is 9.47 Å². The van der Waals surface area contributed by atoms with Crippen LogP contribution in [0.15, 0.2) is 21.1 Å². The molecule has 0 unspecified atom stereocenters. The summed E-state index contributed by atoms with van der Waals surface area (Å²) in [6, 6.07) is 2.44. The lowest BCUT2D eigenvalue weighted by atomic mass is 10.3. The molecule has 0 aliphatic heterocycles. The second-order valence-corrected chi connectivity index (χ2v) is 4.32. The van der Waals surface area contributed by atoms with E-state index in [-0.39, 0.29) is 8.95 Å². The summed E-state index contributed by atoms with van der Waals surface area (Å²) < 4.78 is 67.6. The van der Waals surface area contributed by atoms with Gasteiger partial charge in [-0.15, -0.1) is 13.2 Å². The van der Waals surface area contributed by atoms with Gasteiger partial charge in [-0.2, -0.15) is 8.78 Å². The van der Waals surface area contributed by atoms with Gasteiger partial charge in [0.1, 0.15) is 0 Å². The van der Waals surface area contributed by atoms with E-state index in [1.165, 1.54) is 12.1 Å². The first-order valence-corrected chi connectivity index (χ1v) is 5.48. The van der Waals surface area contributed by atoms with E-state index in [2.05, 4.69) is 41.3 Å². The number of ether oxygens (including phenoxy) is 2. The molecular formula is C8H3Br2F5O2. The summed E-state index contributed by atoms with van der Waals surface area (Å²) in [6.45, 7) is -3.27. The molecular weight excluding hydrogens is 383 g/mol. The van der Waals surface area contributed by atoms with Crippen molar-refractivity contribution < 1.29 is 31.4 Å². The van der Waals surface area contributed by atoms with Crippen molar-refractivity contribution >= 4 is 31.9 Å². The van der Waals surface area contributed by atoms with Gasteiger partial charge >= 0.3 is 13.0 Å². The van der Waals surface area contributed by atoms with Gasteiger partial charge in [-0.3, -0.25) is 0 Å². The van der Waals surface area contributed by atoms with Crippen LogP contribution in [0.4, 0.5) is 22.0 Å². The molecule has 0 saturated carbocycles. The van der Waals surface area contributed by atoms with E-state index in [0.717, 1.165) is 0 Å². The minimum atomic E-state index is -5.01. The van der Waals surface area contributed by atoms with Gasteiger partial charge < -0.3 is 9.47 Å². The summed E-state index contributed by atoms with van der Waals surface area (Å²) in [5.41, 5.74) is 0. The van der Waals surface area contributed by atoms with Gasteiger partial charge in [-0.05, 0) is 44.0 Å². The maximum Gasteiger partial charge on any atom is 0.573 e. The average molecular weight is 386 g/mol. The van der Waals surface area contributed by atoms with Crippen molar-refractivity contribution in [3.8, 4) is 11.5 Å². The summed E-state index contributed by atoms with van der Waals surface area (Å²) in [5, 5.41) is 0. The Hall–Kier alpha value is -0.570. The monoisotopic (exact) mass is 384 g/mol. The van der Waals surface area contributed by atoms with Gasteiger partial charge in [0.15, 0.2) is 11.5 Å². The van der Waals surface area contributed by atoms with Crippen LogP contribution >= 0.6 is 31.9 Å². The molecule has 2 nitrogen and oxygen atoms in total. The normalized spacial score (nSPS) is 11.8. The lowest BCUT2D eigenvalue weighted by Crippen LogP contribution is -2.18. The van der Waals surface area contributed by atoms with E-state index >= 15 is 0 Å². The highest BCUT2D eigenvalue weighted by Crippen LogP contribution is 2.44. The summed E-state index contributed by atoms with van der Waals surface area (Å²) >= 11 is 5.54. The van der Waals surface area contributed by atoms with Crippen molar-refractivity contribution in [2.75, 3.05) is 0 Å². The number of benzene rings is 1. The van der Waals surface area contributed by atoms with Crippen molar-refractivity contribution in [2.24, 2.45) is 0 Å². The molecule has 0 aliphatic rings. The van der Waals surface area contributed by atoms with Gasteiger partial charge in [0.25, 0.3) is 0 Å². The number of alkyl halides is 5. The Morgan fingerprint density at radius 1 is 1.00 bits per heavy atom. The molecule has 0 N–H and O–H groups in total. The Bertz CT molecular complexity index is 408. The predicted octanol–water partition coefficient (Wildman–Crippen LogP) is 4.71. The average Bonchev–Trinajstić information content (AvgIpc) is 2.15. The van der Waals surface area contributed by atoms with Crippen LogP contribution in [0.1, 0.15) is 0 Å². The second kappa shape index (κ2) is 5.38. The van der Waals surface area contributed by atoms with Crippen LogP contribution in [0, 0.1) is 0 Å². The molecule has 0 spiro atoms. The number of rotatable bonds is 3. The Kier molecular flexibility index (Phi) is 4.59.